The fourth-order valence-electron chi connectivity index (χ4n) is 1.37. The predicted molar refractivity (Wildman–Crippen MR) is 54.6 cm³/mol. The Morgan fingerprint density at radius 2 is 1.73 bits per heavy atom. The second kappa shape index (κ2) is 3.38. The van der Waals surface area contributed by atoms with E-state index < -0.39 is 5.92 Å². The first-order valence-electron chi connectivity index (χ1n) is 4.48. The van der Waals surface area contributed by atoms with Crippen molar-refractivity contribution in [1.82, 2.24) is 4.98 Å². The number of nitrogens with two attached hydrogens (primary N) is 1. The number of rotatable bonds is 2. The normalized spacial score (nSPS) is 11.6. The number of aromatic amines is 1. The Labute approximate surface area is 85.7 Å². The number of benzene rings is 1. The number of aromatic nitrogens is 1. The Morgan fingerprint density at radius 1 is 1.07 bits per heavy atom. The summed E-state index contributed by atoms with van der Waals surface area (Å²) in [4.78, 5) is 2.51. The van der Waals surface area contributed by atoms with Crippen LogP contribution in [0.15, 0.2) is 42.6 Å². The molecule has 0 saturated heterocycles. The SMILES string of the molecule is Nc1ccc(C(F)(F)c2ccc[nH]2)cc1. The molecule has 0 saturated carbocycles. The zero-order chi connectivity index (χ0) is 10.9. The van der Waals surface area contributed by atoms with Crippen LogP contribution in [-0.4, -0.2) is 4.98 Å². The van der Waals surface area contributed by atoms with Crippen LogP contribution >= 0.6 is 0 Å². The van der Waals surface area contributed by atoms with Gasteiger partial charge in [0, 0.05) is 17.4 Å². The second-order valence-corrected chi connectivity index (χ2v) is 3.28. The average Bonchev–Trinajstić information content (AvgIpc) is 2.71. The first-order chi connectivity index (χ1) is 7.10. The summed E-state index contributed by atoms with van der Waals surface area (Å²) >= 11 is 0. The molecule has 1 aromatic heterocycles. The molecule has 2 rings (SSSR count). The minimum absolute atomic E-state index is 0.0702. The average molecular weight is 208 g/mol. The molecule has 0 bridgehead atoms. The fourth-order valence-corrected chi connectivity index (χ4v) is 1.37. The van der Waals surface area contributed by atoms with Crippen molar-refractivity contribution in [2.45, 2.75) is 5.92 Å². The number of H-pyrrole nitrogens is 1. The fraction of sp³-hybridized carbons (Fsp3) is 0.0909. The van der Waals surface area contributed by atoms with Gasteiger partial charge in [-0.2, -0.15) is 8.78 Å². The summed E-state index contributed by atoms with van der Waals surface area (Å²) in [7, 11) is 0. The molecule has 0 atom stereocenters. The molecule has 2 aromatic rings. The van der Waals surface area contributed by atoms with Crippen molar-refractivity contribution in [1.29, 1.82) is 0 Å². The zero-order valence-corrected chi connectivity index (χ0v) is 7.87. The largest absolute Gasteiger partial charge is 0.399 e. The van der Waals surface area contributed by atoms with Crippen molar-refractivity contribution in [2.24, 2.45) is 0 Å². The van der Waals surface area contributed by atoms with Crippen LogP contribution in [0.1, 0.15) is 11.3 Å². The highest BCUT2D eigenvalue weighted by Crippen LogP contribution is 2.34. The molecule has 4 heteroatoms. The van der Waals surface area contributed by atoms with E-state index in [2.05, 4.69) is 4.98 Å². The smallest absolute Gasteiger partial charge is 0.312 e. The molecular formula is C11H10F2N2. The highest BCUT2D eigenvalue weighted by molar-refractivity contribution is 5.42. The number of hydrogen-bond donors (Lipinski definition) is 2. The summed E-state index contributed by atoms with van der Waals surface area (Å²) in [6.07, 6.45) is 1.47. The molecule has 15 heavy (non-hydrogen) atoms. The van der Waals surface area contributed by atoms with Crippen molar-refractivity contribution in [3.8, 4) is 0 Å². The maximum atomic E-state index is 13.8. The van der Waals surface area contributed by atoms with Gasteiger partial charge in [-0.3, -0.25) is 0 Å². The molecule has 3 N–H and O–H groups in total. The lowest BCUT2D eigenvalue weighted by Gasteiger charge is -2.15. The molecule has 0 spiro atoms. The number of alkyl halides is 2. The highest BCUT2D eigenvalue weighted by atomic mass is 19.3. The third-order valence-corrected chi connectivity index (χ3v) is 2.21. The summed E-state index contributed by atoms with van der Waals surface area (Å²) < 4.78 is 27.6. The first-order valence-corrected chi connectivity index (χ1v) is 4.48. The van der Waals surface area contributed by atoms with Crippen LogP contribution in [0.4, 0.5) is 14.5 Å². The topological polar surface area (TPSA) is 41.8 Å². The molecule has 0 unspecified atom stereocenters. The lowest BCUT2D eigenvalue weighted by atomic mass is 10.1. The number of anilines is 1. The van der Waals surface area contributed by atoms with Crippen molar-refractivity contribution in [2.75, 3.05) is 5.73 Å². The van der Waals surface area contributed by atoms with Crippen molar-refractivity contribution in [3.63, 3.8) is 0 Å². The van der Waals surface area contributed by atoms with E-state index in [4.69, 9.17) is 5.73 Å². The Kier molecular flexibility index (Phi) is 2.19. The van der Waals surface area contributed by atoms with E-state index in [9.17, 15) is 8.78 Å². The Balaban J connectivity index is 2.41. The minimum atomic E-state index is -3.00. The van der Waals surface area contributed by atoms with Gasteiger partial charge in [0.1, 0.15) is 0 Å². The number of nitrogens with one attached hydrogen (secondary N) is 1. The standard InChI is InChI=1S/C11H10F2N2/c12-11(13,10-2-1-7-15-10)8-3-5-9(14)6-4-8/h1-7,15H,14H2. The molecule has 0 aliphatic carbocycles. The zero-order valence-electron chi connectivity index (χ0n) is 7.87. The Bertz CT molecular complexity index is 432. The summed E-state index contributed by atoms with van der Waals surface area (Å²) in [5, 5.41) is 0. The van der Waals surface area contributed by atoms with Gasteiger partial charge >= 0.3 is 5.92 Å². The van der Waals surface area contributed by atoms with E-state index in [1.807, 2.05) is 0 Å². The molecule has 0 radical (unpaired) electrons. The van der Waals surface area contributed by atoms with Gasteiger partial charge < -0.3 is 10.7 Å². The van der Waals surface area contributed by atoms with Gasteiger partial charge in [0.25, 0.3) is 0 Å². The molecule has 0 aliphatic heterocycles. The maximum absolute atomic E-state index is 13.8. The summed E-state index contributed by atoms with van der Waals surface area (Å²) in [6.45, 7) is 0. The van der Waals surface area contributed by atoms with Gasteiger partial charge in [0.15, 0.2) is 0 Å². The van der Waals surface area contributed by atoms with Crippen LogP contribution in [-0.2, 0) is 5.92 Å². The quantitative estimate of drug-likeness (QED) is 0.732. The van der Waals surface area contributed by atoms with Crippen LogP contribution < -0.4 is 5.73 Å². The van der Waals surface area contributed by atoms with Crippen LogP contribution in [0.3, 0.4) is 0 Å². The lowest BCUT2D eigenvalue weighted by molar-refractivity contribution is 0.0386. The van der Waals surface area contributed by atoms with E-state index >= 15 is 0 Å². The molecular weight excluding hydrogens is 198 g/mol. The molecule has 1 aromatic carbocycles. The molecule has 0 amide bonds. The number of halogens is 2. The van der Waals surface area contributed by atoms with E-state index in [-0.39, 0.29) is 11.3 Å². The van der Waals surface area contributed by atoms with Gasteiger partial charge in [-0.25, -0.2) is 0 Å². The third-order valence-electron chi connectivity index (χ3n) is 2.21. The van der Waals surface area contributed by atoms with Gasteiger partial charge in [0.2, 0.25) is 0 Å². The summed E-state index contributed by atoms with van der Waals surface area (Å²) in [6, 6.07) is 8.49. The van der Waals surface area contributed by atoms with E-state index in [1.54, 1.807) is 6.07 Å². The molecule has 0 fully saturated rings. The van der Waals surface area contributed by atoms with Crippen LogP contribution in [0.2, 0.25) is 0 Å². The molecule has 78 valence electrons. The van der Waals surface area contributed by atoms with Crippen LogP contribution in [0, 0.1) is 0 Å². The highest BCUT2D eigenvalue weighted by Gasteiger charge is 2.34. The monoisotopic (exact) mass is 208 g/mol. The van der Waals surface area contributed by atoms with Crippen molar-refractivity contribution >= 4 is 5.69 Å². The van der Waals surface area contributed by atoms with Crippen LogP contribution in [0.25, 0.3) is 0 Å². The Morgan fingerprint density at radius 3 is 2.27 bits per heavy atom. The van der Waals surface area contributed by atoms with Gasteiger partial charge in [0.05, 0.1) is 5.69 Å². The third kappa shape index (κ3) is 1.70. The second-order valence-electron chi connectivity index (χ2n) is 3.28. The van der Waals surface area contributed by atoms with Crippen LogP contribution in [0.5, 0.6) is 0 Å². The summed E-state index contributed by atoms with van der Waals surface area (Å²) in [5.41, 5.74) is 5.72. The van der Waals surface area contributed by atoms with Gasteiger partial charge in [-0.15, -0.1) is 0 Å². The maximum Gasteiger partial charge on any atom is 0.312 e. The molecule has 2 nitrogen and oxygen atoms in total. The Hall–Kier alpha value is -1.84. The first kappa shape index (κ1) is 9.71. The van der Waals surface area contributed by atoms with Gasteiger partial charge in [-0.05, 0) is 24.3 Å². The van der Waals surface area contributed by atoms with E-state index in [0.29, 0.717) is 5.69 Å². The predicted octanol–water partition coefficient (Wildman–Crippen LogP) is 2.74. The molecule has 0 aliphatic rings. The van der Waals surface area contributed by atoms with Crippen molar-refractivity contribution in [3.05, 3.63) is 53.9 Å². The molecule has 1 heterocycles. The lowest BCUT2D eigenvalue weighted by Crippen LogP contribution is -2.15. The van der Waals surface area contributed by atoms with Gasteiger partial charge in [-0.1, -0.05) is 12.1 Å². The summed E-state index contributed by atoms with van der Waals surface area (Å²) in [5.74, 6) is -3.00. The van der Waals surface area contributed by atoms with E-state index in [0.717, 1.165) is 0 Å². The minimum Gasteiger partial charge on any atom is -0.399 e. The van der Waals surface area contributed by atoms with Crippen molar-refractivity contribution < 1.29 is 8.78 Å². The number of nitrogen functional groups attached to an aromatic ring is 1. The van der Waals surface area contributed by atoms with E-state index in [1.165, 1.54) is 36.5 Å². The number of hydrogen-bond acceptors (Lipinski definition) is 1.